The first kappa shape index (κ1) is 11.4. The van der Waals surface area contributed by atoms with E-state index in [4.69, 9.17) is 10.4 Å². The topological polar surface area (TPSA) is 70.3 Å². The van der Waals surface area contributed by atoms with Gasteiger partial charge in [0, 0.05) is 11.1 Å². The van der Waals surface area contributed by atoms with Gasteiger partial charge in [-0.2, -0.15) is 5.26 Å². The molecule has 70 valence electrons. The van der Waals surface area contributed by atoms with Gasteiger partial charge < -0.3 is 9.84 Å². The Bertz CT molecular complexity index is 284. The fourth-order valence-corrected chi connectivity index (χ4v) is 0.600. The van der Waals surface area contributed by atoms with E-state index in [1.54, 1.807) is 6.07 Å². The van der Waals surface area contributed by atoms with Gasteiger partial charge in [0.05, 0.1) is 6.07 Å². The van der Waals surface area contributed by atoms with Crippen molar-refractivity contribution < 1.29 is 14.6 Å². The molecular weight excluding hydrogens is 170 g/mol. The zero-order valence-electron chi connectivity index (χ0n) is 7.57. The number of nitrogens with zero attached hydrogens (tertiary/aromatic N) is 1. The lowest BCUT2D eigenvalue weighted by Gasteiger charge is -2.06. The minimum atomic E-state index is -1.15. The maximum Gasteiger partial charge on any atom is 0.336 e. The van der Waals surface area contributed by atoms with Gasteiger partial charge in [-0.1, -0.05) is 6.58 Å². The van der Waals surface area contributed by atoms with Crippen molar-refractivity contribution >= 4 is 5.97 Å². The Hall–Kier alpha value is -1.60. The van der Waals surface area contributed by atoms with E-state index in [1.807, 2.05) is 0 Å². The SMILES string of the molecule is C=C(C#N)/C=C(\C)C(=O)OC(C)O. The molecule has 4 heteroatoms. The predicted octanol–water partition coefficient (Wildman–Crippen LogP) is 0.894. The summed E-state index contributed by atoms with van der Waals surface area (Å²) < 4.78 is 4.46. The summed E-state index contributed by atoms with van der Waals surface area (Å²) >= 11 is 0. The van der Waals surface area contributed by atoms with E-state index in [1.165, 1.54) is 19.9 Å². The summed E-state index contributed by atoms with van der Waals surface area (Å²) in [6.07, 6.45) is 0.149. The van der Waals surface area contributed by atoms with E-state index >= 15 is 0 Å². The van der Waals surface area contributed by atoms with E-state index in [0.717, 1.165) is 0 Å². The minimum absolute atomic E-state index is 0.167. The monoisotopic (exact) mass is 181 g/mol. The van der Waals surface area contributed by atoms with Gasteiger partial charge in [0.1, 0.15) is 0 Å². The maximum atomic E-state index is 11.0. The van der Waals surface area contributed by atoms with Crippen LogP contribution in [-0.4, -0.2) is 17.4 Å². The Kier molecular flexibility index (Phi) is 4.49. The molecule has 0 spiro atoms. The van der Waals surface area contributed by atoms with Crippen LogP contribution in [0.2, 0.25) is 0 Å². The number of aliphatic hydroxyl groups excluding tert-OH is 1. The third-order valence-electron chi connectivity index (χ3n) is 1.13. The van der Waals surface area contributed by atoms with Crippen LogP contribution in [0.3, 0.4) is 0 Å². The first-order valence-electron chi connectivity index (χ1n) is 3.63. The summed E-state index contributed by atoms with van der Waals surface area (Å²) in [5.41, 5.74) is 0.396. The molecule has 0 rings (SSSR count). The van der Waals surface area contributed by atoms with Gasteiger partial charge in [-0.3, -0.25) is 0 Å². The number of carbonyl (C=O) groups is 1. The lowest BCUT2D eigenvalue weighted by molar-refractivity contribution is -0.159. The Morgan fingerprint density at radius 2 is 2.31 bits per heavy atom. The second-order valence-electron chi connectivity index (χ2n) is 2.47. The standard InChI is InChI=1S/C9H11NO3/c1-6(5-10)4-7(2)9(12)13-8(3)11/h4,8,11H,1H2,2-3H3/b7-4+. The molecule has 0 aromatic rings. The van der Waals surface area contributed by atoms with Crippen molar-refractivity contribution in [3.63, 3.8) is 0 Å². The van der Waals surface area contributed by atoms with Crippen LogP contribution in [0.15, 0.2) is 23.8 Å². The van der Waals surface area contributed by atoms with E-state index in [2.05, 4.69) is 11.3 Å². The molecule has 0 aromatic carbocycles. The van der Waals surface area contributed by atoms with Crippen LogP contribution in [0.4, 0.5) is 0 Å². The third kappa shape index (κ3) is 4.77. The van der Waals surface area contributed by atoms with Crippen LogP contribution in [0.5, 0.6) is 0 Å². The van der Waals surface area contributed by atoms with Gasteiger partial charge >= 0.3 is 5.97 Å². The number of esters is 1. The first-order valence-corrected chi connectivity index (χ1v) is 3.63. The molecule has 0 saturated carbocycles. The number of hydrogen-bond acceptors (Lipinski definition) is 4. The van der Waals surface area contributed by atoms with E-state index < -0.39 is 12.3 Å². The predicted molar refractivity (Wildman–Crippen MR) is 46.3 cm³/mol. The summed E-state index contributed by atoms with van der Waals surface area (Å²) in [6.45, 7) is 6.17. The van der Waals surface area contributed by atoms with Crippen LogP contribution in [0.1, 0.15) is 13.8 Å². The highest BCUT2D eigenvalue weighted by Crippen LogP contribution is 2.02. The fraction of sp³-hybridized carbons (Fsp3) is 0.333. The van der Waals surface area contributed by atoms with Crippen LogP contribution >= 0.6 is 0 Å². The summed E-state index contributed by atoms with van der Waals surface area (Å²) in [4.78, 5) is 11.0. The van der Waals surface area contributed by atoms with Gasteiger partial charge in [0.15, 0.2) is 6.29 Å². The summed E-state index contributed by atoms with van der Waals surface area (Å²) in [6, 6.07) is 1.76. The Morgan fingerprint density at radius 3 is 2.69 bits per heavy atom. The minimum Gasteiger partial charge on any atom is -0.433 e. The van der Waals surface area contributed by atoms with Crippen molar-refractivity contribution in [1.82, 2.24) is 0 Å². The van der Waals surface area contributed by atoms with Crippen molar-refractivity contribution in [2.75, 3.05) is 0 Å². The highest BCUT2D eigenvalue weighted by atomic mass is 16.6. The lowest BCUT2D eigenvalue weighted by atomic mass is 10.2. The molecule has 0 aliphatic heterocycles. The van der Waals surface area contributed by atoms with Crippen LogP contribution in [0, 0.1) is 11.3 Å². The molecule has 0 aliphatic carbocycles. The molecule has 0 aromatic heterocycles. The van der Waals surface area contributed by atoms with E-state index in [0.29, 0.717) is 0 Å². The van der Waals surface area contributed by atoms with Crippen LogP contribution < -0.4 is 0 Å². The maximum absolute atomic E-state index is 11.0. The molecule has 0 radical (unpaired) electrons. The number of aliphatic hydroxyl groups is 1. The van der Waals surface area contributed by atoms with E-state index in [-0.39, 0.29) is 11.1 Å². The second-order valence-corrected chi connectivity index (χ2v) is 2.47. The van der Waals surface area contributed by atoms with Crippen molar-refractivity contribution in [2.24, 2.45) is 0 Å². The molecule has 4 nitrogen and oxygen atoms in total. The summed E-state index contributed by atoms with van der Waals surface area (Å²) in [5.74, 6) is -0.661. The smallest absolute Gasteiger partial charge is 0.336 e. The molecular formula is C9H11NO3. The lowest BCUT2D eigenvalue weighted by Crippen LogP contribution is -2.14. The largest absolute Gasteiger partial charge is 0.433 e. The molecule has 0 amide bonds. The quantitative estimate of drug-likeness (QED) is 0.231. The Morgan fingerprint density at radius 1 is 1.77 bits per heavy atom. The van der Waals surface area contributed by atoms with Gasteiger partial charge in [-0.05, 0) is 19.9 Å². The average Bonchev–Trinajstić information content (AvgIpc) is 2.02. The zero-order chi connectivity index (χ0) is 10.4. The second kappa shape index (κ2) is 5.12. The Balaban J connectivity index is 4.35. The number of hydrogen-bond donors (Lipinski definition) is 1. The molecule has 0 fully saturated rings. The van der Waals surface area contributed by atoms with Gasteiger partial charge in [-0.25, -0.2) is 4.79 Å². The Labute approximate surface area is 76.7 Å². The molecule has 1 N–H and O–H groups in total. The van der Waals surface area contributed by atoms with Gasteiger partial charge in [0.2, 0.25) is 0 Å². The molecule has 1 unspecified atom stereocenters. The number of allylic oxidation sites excluding steroid dienone is 2. The first-order chi connectivity index (χ1) is 5.97. The third-order valence-corrected chi connectivity index (χ3v) is 1.13. The van der Waals surface area contributed by atoms with E-state index in [9.17, 15) is 4.79 Å². The summed E-state index contributed by atoms with van der Waals surface area (Å²) in [5, 5.41) is 17.1. The van der Waals surface area contributed by atoms with Gasteiger partial charge in [0.25, 0.3) is 0 Å². The van der Waals surface area contributed by atoms with Crippen molar-refractivity contribution in [3.8, 4) is 6.07 Å². The average molecular weight is 181 g/mol. The molecule has 0 bridgehead atoms. The highest BCUT2D eigenvalue weighted by molar-refractivity contribution is 5.88. The molecule has 0 saturated heterocycles. The molecule has 0 heterocycles. The number of rotatable bonds is 3. The molecule has 1 atom stereocenters. The van der Waals surface area contributed by atoms with Crippen molar-refractivity contribution in [3.05, 3.63) is 23.8 Å². The number of carbonyl (C=O) groups excluding carboxylic acids is 1. The van der Waals surface area contributed by atoms with Crippen LogP contribution in [-0.2, 0) is 9.53 Å². The number of ether oxygens (including phenoxy) is 1. The summed E-state index contributed by atoms with van der Waals surface area (Å²) in [7, 11) is 0. The highest BCUT2D eigenvalue weighted by Gasteiger charge is 2.08. The normalized spacial score (nSPS) is 12.9. The zero-order valence-corrected chi connectivity index (χ0v) is 7.57. The van der Waals surface area contributed by atoms with Crippen LogP contribution in [0.25, 0.3) is 0 Å². The van der Waals surface area contributed by atoms with Crippen molar-refractivity contribution in [2.45, 2.75) is 20.1 Å². The fourth-order valence-electron chi connectivity index (χ4n) is 0.600. The number of nitriles is 1. The molecule has 0 aliphatic rings. The van der Waals surface area contributed by atoms with Crippen molar-refractivity contribution in [1.29, 1.82) is 5.26 Å². The molecule has 13 heavy (non-hydrogen) atoms. The van der Waals surface area contributed by atoms with Gasteiger partial charge in [-0.15, -0.1) is 0 Å².